The van der Waals surface area contributed by atoms with Crippen LogP contribution < -0.4 is 0 Å². The molecule has 1 N–H and O–H groups in total. The summed E-state index contributed by atoms with van der Waals surface area (Å²) in [7, 11) is 1.20. The Labute approximate surface area is 88.7 Å². The molecular formula is C10H16O5. The molecular weight excluding hydrogens is 200 g/mol. The number of carbonyl (C=O) groups excluding carboxylic acids is 1. The van der Waals surface area contributed by atoms with Gasteiger partial charge in [-0.25, -0.2) is 4.79 Å². The summed E-state index contributed by atoms with van der Waals surface area (Å²) >= 11 is 0. The molecule has 0 rings (SSSR count). The number of carboxylic acids is 1. The van der Waals surface area contributed by atoms with Crippen LogP contribution in [0.3, 0.4) is 0 Å². The van der Waals surface area contributed by atoms with Gasteiger partial charge in [-0.05, 0) is 13.8 Å². The van der Waals surface area contributed by atoms with Gasteiger partial charge in [0.25, 0.3) is 0 Å². The number of carboxylic acid groups (broad SMARTS) is 1. The molecule has 0 radical (unpaired) electrons. The van der Waals surface area contributed by atoms with Crippen molar-refractivity contribution in [1.29, 1.82) is 0 Å². The summed E-state index contributed by atoms with van der Waals surface area (Å²) in [6, 6.07) is 0. The SMILES string of the molecule is CC=C[C@@H](C(=O)O)[C@H](OCC)C(=O)OC. The quantitative estimate of drug-likeness (QED) is 0.526. The number of hydrogen-bond acceptors (Lipinski definition) is 4. The van der Waals surface area contributed by atoms with Crippen LogP contribution in [-0.4, -0.2) is 36.9 Å². The van der Waals surface area contributed by atoms with E-state index in [2.05, 4.69) is 4.74 Å². The van der Waals surface area contributed by atoms with E-state index in [1.54, 1.807) is 19.9 Å². The van der Waals surface area contributed by atoms with Gasteiger partial charge in [-0.2, -0.15) is 0 Å². The van der Waals surface area contributed by atoms with Gasteiger partial charge in [0.1, 0.15) is 5.92 Å². The van der Waals surface area contributed by atoms with E-state index in [1.807, 2.05) is 0 Å². The summed E-state index contributed by atoms with van der Waals surface area (Å²) in [4.78, 5) is 22.2. The van der Waals surface area contributed by atoms with Gasteiger partial charge < -0.3 is 14.6 Å². The second-order valence-corrected chi connectivity index (χ2v) is 2.79. The molecule has 0 aromatic rings. The molecule has 0 aromatic carbocycles. The van der Waals surface area contributed by atoms with Crippen molar-refractivity contribution < 1.29 is 24.2 Å². The summed E-state index contributed by atoms with van der Waals surface area (Å²) in [6.45, 7) is 3.61. The zero-order valence-electron chi connectivity index (χ0n) is 9.10. The van der Waals surface area contributed by atoms with E-state index in [-0.39, 0.29) is 6.61 Å². The van der Waals surface area contributed by atoms with Crippen LogP contribution in [-0.2, 0) is 19.1 Å². The van der Waals surface area contributed by atoms with E-state index < -0.39 is 24.0 Å². The van der Waals surface area contributed by atoms with Crippen LogP contribution in [0.1, 0.15) is 13.8 Å². The number of aliphatic carboxylic acids is 1. The largest absolute Gasteiger partial charge is 0.481 e. The second-order valence-electron chi connectivity index (χ2n) is 2.79. The van der Waals surface area contributed by atoms with Gasteiger partial charge in [0.05, 0.1) is 7.11 Å². The van der Waals surface area contributed by atoms with E-state index in [9.17, 15) is 9.59 Å². The third-order valence-electron chi connectivity index (χ3n) is 1.79. The summed E-state index contributed by atoms with van der Waals surface area (Å²) in [5, 5.41) is 8.91. The first-order valence-corrected chi connectivity index (χ1v) is 4.63. The average molecular weight is 216 g/mol. The number of rotatable bonds is 6. The summed E-state index contributed by atoms with van der Waals surface area (Å²) in [5.41, 5.74) is 0. The van der Waals surface area contributed by atoms with Crippen LogP contribution in [0.25, 0.3) is 0 Å². The molecule has 15 heavy (non-hydrogen) atoms. The molecule has 0 aliphatic rings. The van der Waals surface area contributed by atoms with E-state index in [1.165, 1.54) is 13.2 Å². The highest BCUT2D eigenvalue weighted by molar-refractivity contribution is 5.84. The zero-order chi connectivity index (χ0) is 11.8. The standard InChI is InChI=1S/C10H16O5/c1-4-6-7(9(11)12)8(15-5-2)10(13)14-3/h4,6-8H,5H2,1-3H3,(H,11,12)/t7-,8+/m1/s1. The molecule has 0 amide bonds. The molecule has 5 nitrogen and oxygen atoms in total. The summed E-state index contributed by atoms with van der Waals surface area (Å²) in [5.74, 6) is -2.80. The van der Waals surface area contributed by atoms with Gasteiger partial charge in [0.15, 0.2) is 6.10 Å². The first-order valence-electron chi connectivity index (χ1n) is 4.63. The van der Waals surface area contributed by atoms with Crippen LogP contribution in [0, 0.1) is 5.92 Å². The fourth-order valence-electron chi connectivity index (χ4n) is 1.13. The zero-order valence-corrected chi connectivity index (χ0v) is 9.10. The molecule has 0 aliphatic heterocycles. The van der Waals surface area contributed by atoms with Crippen molar-refractivity contribution in [3.05, 3.63) is 12.2 Å². The van der Waals surface area contributed by atoms with Gasteiger partial charge in [-0.15, -0.1) is 0 Å². The number of hydrogen-bond donors (Lipinski definition) is 1. The third kappa shape index (κ3) is 4.12. The van der Waals surface area contributed by atoms with Crippen molar-refractivity contribution in [1.82, 2.24) is 0 Å². The van der Waals surface area contributed by atoms with Crippen molar-refractivity contribution in [3.63, 3.8) is 0 Å². The minimum absolute atomic E-state index is 0.251. The van der Waals surface area contributed by atoms with E-state index in [4.69, 9.17) is 9.84 Å². The Balaban J connectivity index is 4.82. The van der Waals surface area contributed by atoms with Crippen molar-refractivity contribution in [3.8, 4) is 0 Å². The fourth-order valence-corrected chi connectivity index (χ4v) is 1.13. The maximum absolute atomic E-state index is 11.3. The Morgan fingerprint density at radius 1 is 1.47 bits per heavy atom. The van der Waals surface area contributed by atoms with Gasteiger partial charge >= 0.3 is 11.9 Å². The van der Waals surface area contributed by atoms with Crippen LogP contribution >= 0.6 is 0 Å². The average Bonchev–Trinajstić information content (AvgIpc) is 2.21. The normalized spacial score (nSPS) is 14.9. The third-order valence-corrected chi connectivity index (χ3v) is 1.79. The number of allylic oxidation sites excluding steroid dienone is 1. The van der Waals surface area contributed by atoms with Crippen LogP contribution in [0.2, 0.25) is 0 Å². The smallest absolute Gasteiger partial charge is 0.336 e. The van der Waals surface area contributed by atoms with Crippen LogP contribution in [0.15, 0.2) is 12.2 Å². The molecule has 0 saturated carbocycles. The number of ether oxygens (including phenoxy) is 2. The lowest BCUT2D eigenvalue weighted by Gasteiger charge is -2.18. The molecule has 0 saturated heterocycles. The second kappa shape index (κ2) is 7.00. The van der Waals surface area contributed by atoms with Crippen molar-refractivity contribution >= 4 is 11.9 Å². The Kier molecular flexibility index (Phi) is 6.37. The van der Waals surface area contributed by atoms with Crippen molar-refractivity contribution in [2.45, 2.75) is 20.0 Å². The lowest BCUT2D eigenvalue weighted by atomic mass is 10.0. The summed E-state index contributed by atoms with van der Waals surface area (Å²) in [6.07, 6.45) is 1.88. The molecule has 0 bridgehead atoms. The lowest BCUT2D eigenvalue weighted by Crippen LogP contribution is -2.37. The topological polar surface area (TPSA) is 72.8 Å². The van der Waals surface area contributed by atoms with Gasteiger partial charge in [0, 0.05) is 6.61 Å². The highest BCUT2D eigenvalue weighted by atomic mass is 16.6. The molecule has 5 heteroatoms. The minimum Gasteiger partial charge on any atom is -0.481 e. The Hall–Kier alpha value is -1.36. The van der Waals surface area contributed by atoms with Crippen LogP contribution in [0.5, 0.6) is 0 Å². The van der Waals surface area contributed by atoms with Gasteiger partial charge in [-0.3, -0.25) is 4.79 Å². The maximum atomic E-state index is 11.3. The predicted octanol–water partition coefficient (Wildman–Crippen LogP) is 0.841. The van der Waals surface area contributed by atoms with E-state index in [0.29, 0.717) is 0 Å². The molecule has 86 valence electrons. The molecule has 0 fully saturated rings. The molecule has 0 spiro atoms. The highest BCUT2D eigenvalue weighted by Crippen LogP contribution is 2.12. The first kappa shape index (κ1) is 13.6. The van der Waals surface area contributed by atoms with Crippen molar-refractivity contribution in [2.75, 3.05) is 13.7 Å². The van der Waals surface area contributed by atoms with Crippen molar-refractivity contribution in [2.24, 2.45) is 5.92 Å². The van der Waals surface area contributed by atoms with Gasteiger partial charge in [0.2, 0.25) is 0 Å². The van der Waals surface area contributed by atoms with Crippen LogP contribution in [0.4, 0.5) is 0 Å². The maximum Gasteiger partial charge on any atom is 0.336 e. The monoisotopic (exact) mass is 216 g/mol. The Bertz CT molecular complexity index is 246. The predicted molar refractivity (Wildman–Crippen MR) is 53.4 cm³/mol. The van der Waals surface area contributed by atoms with E-state index >= 15 is 0 Å². The van der Waals surface area contributed by atoms with E-state index in [0.717, 1.165) is 0 Å². The fraction of sp³-hybridized carbons (Fsp3) is 0.600. The van der Waals surface area contributed by atoms with Gasteiger partial charge in [-0.1, -0.05) is 12.2 Å². The number of carbonyl (C=O) groups is 2. The molecule has 0 aliphatic carbocycles. The first-order chi connectivity index (χ1) is 7.08. The lowest BCUT2D eigenvalue weighted by molar-refractivity contribution is -0.163. The number of esters is 1. The highest BCUT2D eigenvalue weighted by Gasteiger charge is 2.33. The molecule has 0 heterocycles. The minimum atomic E-state index is -1.11. The Morgan fingerprint density at radius 2 is 2.07 bits per heavy atom. The Morgan fingerprint density at radius 3 is 2.40 bits per heavy atom. The molecule has 0 unspecified atom stereocenters. The molecule has 0 aromatic heterocycles. The summed E-state index contributed by atoms with van der Waals surface area (Å²) < 4.78 is 9.55. The molecule has 2 atom stereocenters. The number of methoxy groups -OCH3 is 1.